The van der Waals surface area contributed by atoms with E-state index in [4.69, 9.17) is 4.74 Å². The van der Waals surface area contributed by atoms with Gasteiger partial charge in [-0.15, -0.1) is 0 Å². The van der Waals surface area contributed by atoms with Crippen LogP contribution < -0.4 is 5.32 Å². The van der Waals surface area contributed by atoms with Crippen LogP contribution in [0.2, 0.25) is 0 Å². The number of hydrogen-bond donors (Lipinski definition) is 1. The number of nitro benzene ring substituents is 1. The lowest BCUT2D eigenvalue weighted by molar-refractivity contribution is -0.384. The number of benzene rings is 1. The molecule has 0 radical (unpaired) electrons. The van der Waals surface area contributed by atoms with Gasteiger partial charge in [0, 0.05) is 44.3 Å². The van der Waals surface area contributed by atoms with E-state index in [1.165, 1.54) is 24.3 Å². The van der Waals surface area contributed by atoms with Gasteiger partial charge in [0.05, 0.1) is 4.92 Å². The summed E-state index contributed by atoms with van der Waals surface area (Å²) < 4.78 is 4.81. The molecular weight excluding hydrogens is 354 g/mol. The van der Waals surface area contributed by atoms with E-state index in [-0.39, 0.29) is 11.6 Å². The lowest BCUT2D eigenvalue weighted by Crippen LogP contribution is -2.32. The Labute approximate surface area is 156 Å². The van der Waals surface area contributed by atoms with E-state index in [0.29, 0.717) is 31.5 Å². The first-order chi connectivity index (χ1) is 13.0. The van der Waals surface area contributed by atoms with Crippen molar-refractivity contribution < 1.29 is 24.0 Å². The van der Waals surface area contributed by atoms with E-state index in [9.17, 15) is 24.5 Å². The van der Waals surface area contributed by atoms with Gasteiger partial charge in [-0.05, 0) is 24.5 Å². The Morgan fingerprint density at radius 3 is 2.89 bits per heavy atom. The molecule has 2 rings (SSSR count). The van der Waals surface area contributed by atoms with Gasteiger partial charge in [-0.1, -0.05) is 12.1 Å². The van der Waals surface area contributed by atoms with Crippen LogP contribution in [0.15, 0.2) is 30.3 Å². The minimum atomic E-state index is -0.723. The molecule has 0 bridgehead atoms. The molecule has 144 valence electrons. The van der Waals surface area contributed by atoms with Crippen molar-refractivity contribution in [3.8, 4) is 0 Å². The lowest BCUT2D eigenvalue weighted by Gasteiger charge is -2.15. The second-order valence-corrected chi connectivity index (χ2v) is 5.98. The number of likely N-dealkylation sites (tertiary alicyclic amines) is 1. The highest BCUT2D eigenvalue weighted by molar-refractivity contribution is 5.89. The summed E-state index contributed by atoms with van der Waals surface area (Å²) in [6.45, 7) is 1.34. The highest BCUT2D eigenvalue weighted by atomic mass is 16.6. The third-order valence-corrected chi connectivity index (χ3v) is 3.94. The third kappa shape index (κ3) is 6.89. The maximum atomic E-state index is 11.6. The van der Waals surface area contributed by atoms with E-state index < -0.39 is 23.4 Å². The lowest BCUT2D eigenvalue weighted by atomic mass is 10.2. The van der Waals surface area contributed by atoms with Crippen LogP contribution in [0.25, 0.3) is 6.08 Å². The molecule has 0 atom stereocenters. The molecule has 0 unspecified atom stereocenters. The number of non-ortho nitro benzene ring substituents is 1. The molecule has 1 N–H and O–H groups in total. The summed E-state index contributed by atoms with van der Waals surface area (Å²) >= 11 is 0. The molecule has 1 saturated heterocycles. The molecule has 0 aromatic heterocycles. The molecule has 1 fully saturated rings. The minimum absolute atomic E-state index is 0.0828. The molecule has 2 amide bonds. The molecule has 1 aliphatic heterocycles. The van der Waals surface area contributed by atoms with Crippen LogP contribution in [0.1, 0.15) is 24.8 Å². The zero-order valence-electron chi connectivity index (χ0n) is 14.8. The van der Waals surface area contributed by atoms with Crippen molar-refractivity contribution in [2.24, 2.45) is 0 Å². The first kappa shape index (κ1) is 20.1. The molecule has 0 saturated carbocycles. The van der Waals surface area contributed by atoms with Gasteiger partial charge in [-0.25, -0.2) is 4.79 Å². The van der Waals surface area contributed by atoms with Gasteiger partial charge in [0.25, 0.3) is 11.6 Å². The fourth-order valence-corrected chi connectivity index (χ4v) is 2.58. The van der Waals surface area contributed by atoms with Crippen molar-refractivity contribution in [1.82, 2.24) is 10.2 Å². The average Bonchev–Trinajstić information content (AvgIpc) is 3.07. The Bertz CT molecular complexity index is 746. The van der Waals surface area contributed by atoms with Crippen molar-refractivity contribution in [3.63, 3.8) is 0 Å². The summed E-state index contributed by atoms with van der Waals surface area (Å²) in [7, 11) is 0. The largest absolute Gasteiger partial charge is 0.452 e. The van der Waals surface area contributed by atoms with Gasteiger partial charge in [-0.3, -0.25) is 19.7 Å². The van der Waals surface area contributed by atoms with Gasteiger partial charge >= 0.3 is 5.97 Å². The van der Waals surface area contributed by atoms with Crippen LogP contribution in [0.5, 0.6) is 0 Å². The molecule has 1 heterocycles. The second-order valence-electron chi connectivity index (χ2n) is 5.98. The summed E-state index contributed by atoms with van der Waals surface area (Å²) in [5.41, 5.74) is 0.391. The van der Waals surface area contributed by atoms with E-state index in [2.05, 4.69) is 5.32 Å². The number of rotatable bonds is 9. The molecule has 1 aliphatic rings. The first-order valence-electron chi connectivity index (χ1n) is 8.59. The summed E-state index contributed by atoms with van der Waals surface area (Å²) in [6, 6.07) is 5.78. The Kier molecular flexibility index (Phi) is 7.48. The van der Waals surface area contributed by atoms with Gasteiger partial charge < -0.3 is 15.0 Å². The monoisotopic (exact) mass is 375 g/mol. The van der Waals surface area contributed by atoms with Crippen LogP contribution in [-0.2, 0) is 19.1 Å². The summed E-state index contributed by atoms with van der Waals surface area (Å²) in [4.78, 5) is 46.6. The summed E-state index contributed by atoms with van der Waals surface area (Å²) in [5, 5.41) is 13.3. The topological polar surface area (TPSA) is 119 Å². The smallest absolute Gasteiger partial charge is 0.331 e. The van der Waals surface area contributed by atoms with Gasteiger partial charge in [0.1, 0.15) is 0 Å². The van der Waals surface area contributed by atoms with Crippen LogP contribution in [-0.4, -0.2) is 53.8 Å². The van der Waals surface area contributed by atoms with E-state index in [1.807, 2.05) is 0 Å². The van der Waals surface area contributed by atoms with E-state index >= 15 is 0 Å². The van der Waals surface area contributed by atoms with Crippen molar-refractivity contribution in [3.05, 3.63) is 46.0 Å². The van der Waals surface area contributed by atoms with Crippen LogP contribution in [0, 0.1) is 10.1 Å². The molecular formula is C18H21N3O6. The Balaban J connectivity index is 1.64. The predicted octanol–water partition coefficient (Wildman–Crippen LogP) is 1.28. The minimum Gasteiger partial charge on any atom is -0.452 e. The number of carbonyl (C=O) groups is 3. The standard InChI is InChI=1S/C18H21N3O6/c22-16(19-9-3-11-20-10-2-6-17(20)23)13-27-18(24)8-7-14-4-1-5-15(12-14)21(25)26/h1,4-5,7-8,12H,2-3,6,9-11,13H2,(H,19,22)/b8-7+. The molecule has 1 aromatic rings. The van der Waals surface area contributed by atoms with Gasteiger partial charge in [0.2, 0.25) is 5.91 Å². The Morgan fingerprint density at radius 1 is 1.37 bits per heavy atom. The average molecular weight is 375 g/mol. The molecule has 27 heavy (non-hydrogen) atoms. The molecule has 1 aromatic carbocycles. The van der Waals surface area contributed by atoms with Gasteiger partial charge in [-0.2, -0.15) is 0 Å². The molecule has 9 nitrogen and oxygen atoms in total. The number of nitro groups is 1. The SMILES string of the molecule is O=C(COC(=O)/C=C/c1cccc([N+](=O)[O-])c1)NCCCN1CCCC1=O. The van der Waals surface area contributed by atoms with Crippen molar-refractivity contribution >= 4 is 29.5 Å². The summed E-state index contributed by atoms with van der Waals surface area (Å²) in [5.74, 6) is -1.01. The number of ether oxygens (including phenoxy) is 1. The van der Waals surface area contributed by atoms with Gasteiger partial charge in [0.15, 0.2) is 6.61 Å². The highest BCUT2D eigenvalue weighted by Gasteiger charge is 2.19. The maximum absolute atomic E-state index is 11.6. The number of amides is 2. The van der Waals surface area contributed by atoms with Crippen molar-refractivity contribution in [2.45, 2.75) is 19.3 Å². The Hall–Kier alpha value is -3.23. The number of hydrogen-bond acceptors (Lipinski definition) is 6. The predicted molar refractivity (Wildman–Crippen MR) is 96.5 cm³/mol. The fourth-order valence-electron chi connectivity index (χ4n) is 2.58. The van der Waals surface area contributed by atoms with E-state index in [1.54, 1.807) is 11.0 Å². The molecule has 0 aliphatic carbocycles. The van der Waals surface area contributed by atoms with Crippen LogP contribution in [0.3, 0.4) is 0 Å². The van der Waals surface area contributed by atoms with Crippen LogP contribution in [0.4, 0.5) is 5.69 Å². The third-order valence-electron chi connectivity index (χ3n) is 3.94. The highest BCUT2D eigenvalue weighted by Crippen LogP contribution is 2.14. The number of nitrogens with one attached hydrogen (secondary N) is 1. The number of carbonyl (C=O) groups excluding carboxylic acids is 3. The summed E-state index contributed by atoms with van der Waals surface area (Å²) in [6.07, 6.45) is 4.58. The molecule has 9 heteroatoms. The van der Waals surface area contributed by atoms with E-state index in [0.717, 1.165) is 19.0 Å². The van der Waals surface area contributed by atoms with Crippen molar-refractivity contribution in [2.75, 3.05) is 26.2 Å². The first-order valence-corrected chi connectivity index (χ1v) is 8.59. The Morgan fingerprint density at radius 2 is 2.19 bits per heavy atom. The molecule has 0 spiro atoms. The van der Waals surface area contributed by atoms with Crippen molar-refractivity contribution in [1.29, 1.82) is 0 Å². The fraction of sp³-hybridized carbons (Fsp3) is 0.389. The maximum Gasteiger partial charge on any atom is 0.331 e. The zero-order valence-corrected chi connectivity index (χ0v) is 14.8. The quantitative estimate of drug-likeness (QED) is 0.228. The normalized spacial score (nSPS) is 13.8. The zero-order chi connectivity index (χ0) is 19.6. The van der Waals surface area contributed by atoms with Crippen LogP contribution >= 0.6 is 0 Å². The number of esters is 1. The number of nitrogens with zero attached hydrogens (tertiary/aromatic N) is 2. The second kappa shape index (κ2) is 10.0.